The zero-order chi connectivity index (χ0) is 13.2. The molecule has 104 valence electrons. The monoisotopic (exact) mass is 258 g/mol. The van der Waals surface area contributed by atoms with E-state index < -0.39 is 0 Å². The van der Waals surface area contributed by atoms with Crippen LogP contribution in [0.1, 0.15) is 31.7 Å². The van der Waals surface area contributed by atoms with Crippen LogP contribution in [0.25, 0.3) is 0 Å². The van der Waals surface area contributed by atoms with Gasteiger partial charge < -0.3 is 10.2 Å². The second-order valence-corrected chi connectivity index (χ2v) is 6.43. The molecule has 0 bridgehead atoms. The van der Waals surface area contributed by atoms with Crippen molar-refractivity contribution in [2.75, 3.05) is 25.0 Å². The molecule has 19 heavy (non-hydrogen) atoms. The van der Waals surface area contributed by atoms with Crippen molar-refractivity contribution < 1.29 is 0 Å². The summed E-state index contributed by atoms with van der Waals surface area (Å²) < 4.78 is 0. The van der Waals surface area contributed by atoms with Crippen molar-refractivity contribution in [3.05, 3.63) is 29.8 Å². The van der Waals surface area contributed by atoms with Crippen molar-refractivity contribution >= 4 is 5.69 Å². The third kappa shape index (κ3) is 2.64. The Hall–Kier alpha value is -1.02. The lowest BCUT2D eigenvalue weighted by molar-refractivity contribution is 0.405. The molecule has 3 rings (SSSR count). The van der Waals surface area contributed by atoms with Gasteiger partial charge in [0.2, 0.25) is 0 Å². The minimum absolute atomic E-state index is 0.726. The van der Waals surface area contributed by atoms with E-state index in [-0.39, 0.29) is 0 Å². The molecule has 1 fully saturated rings. The molecule has 0 aromatic heterocycles. The van der Waals surface area contributed by atoms with Gasteiger partial charge in [-0.15, -0.1) is 0 Å². The minimum Gasteiger partial charge on any atom is -0.371 e. The van der Waals surface area contributed by atoms with E-state index >= 15 is 0 Å². The Morgan fingerprint density at radius 2 is 2.11 bits per heavy atom. The van der Waals surface area contributed by atoms with Crippen molar-refractivity contribution in [1.29, 1.82) is 0 Å². The second kappa shape index (κ2) is 5.54. The fraction of sp³-hybridized carbons (Fsp3) is 0.647. The summed E-state index contributed by atoms with van der Waals surface area (Å²) in [6.45, 7) is 4.84. The van der Waals surface area contributed by atoms with E-state index in [2.05, 4.69) is 48.5 Å². The number of hydrogen-bond donors (Lipinski definition) is 1. The Morgan fingerprint density at radius 1 is 1.26 bits per heavy atom. The van der Waals surface area contributed by atoms with Crippen LogP contribution >= 0.6 is 0 Å². The summed E-state index contributed by atoms with van der Waals surface area (Å²) in [5, 5.41) is 3.51. The highest BCUT2D eigenvalue weighted by Crippen LogP contribution is 2.33. The number of hydrogen-bond acceptors (Lipinski definition) is 2. The second-order valence-electron chi connectivity index (χ2n) is 6.43. The lowest BCUT2D eigenvalue weighted by atomic mass is 9.92. The molecular weight excluding hydrogens is 232 g/mol. The Balaban J connectivity index is 1.77. The summed E-state index contributed by atoms with van der Waals surface area (Å²) in [6.07, 6.45) is 5.37. The number of benzene rings is 1. The molecule has 1 aromatic carbocycles. The van der Waals surface area contributed by atoms with Crippen LogP contribution in [0.5, 0.6) is 0 Å². The van der Waals surface area contributed by atoms with Crippen LogP contribution in [0.4, 0.5) is 5.69 Å². The van der Waals surface area contributed by atoms with Gasteiger partial charge in [-0.25, -0.2) is 0 Å². The van der Waals surface area contributed by atoms with Crippen LogP contribution in [0, 0.1) is 11.8 Å². The number of fused-ring (bicyclic) bond motifs is 1. The van der Waals surface area contributed by atoms with Gasteiger partial charge in [-0.3, -0.25) is 0 Å². The summed E-state index contributed by atoms with van der Waals surface area (Å²) in [5.41, 5.74) is 3.03. The lowest BCUT2D eigenvalue weighted by Crippen LogP contribution is -2.42. The highest BCUT2D eigenvalue weighted by Gasteiger charge is 2.30. The van der Waals surface area contributed by atoms with E-state index in [9.17, 15) is 0 Å². The van der Waals surface area contributed by atoms with Crippen LogP contribution in [-0.2, 0) is 6.42 Å². The number of anilines is 1. The third-order valence-corrected chi connectivity index (χ3v) is 4.92. The van der Waals surface area contributed by atoms with Crippen LogP contribution in [-0.4, -0.2) is 26.2 Å². The normalized spacial score (nSPS) is 30.4. The highest BCUT2D eigenvalue weighted by molar-refractivity contribution is 5.55. The van der Waals surface area contributed by atoms with Crippen molar-refractivity contribution in [3.63, 3.8) is 0 Å². The SMILES string of the molecule is CNC1CCCC1CN1CC(C)Cc2ccccc21. The van der Waals surface area contributed by atoms with E-state index in [1.807, 2.05) is 0 Å². The molecule has 0 saturated heterocycles. The number of rotatable bonds is 3. The van der Waals surface area contributed by atoms with Gasteiger partial charge in [0.1, 0.15) is 0 Å². The molecule has 2 aliphatic rings. The molecule has 0 radical (unpaired) electrons. The van der Waals surface area contributed by atoms with Crippen LogP contribution < -0.4 is 10.2 Å². The van der Waals surface area contributed by atoms with Gasteiger partial charge in [0.15, 0.2) is 0 Å². The van der Waals surface area contributed by atoms with E-state index in [1.54, 1.807) is 5.56 Å². The number of nitrogens with zero attached hydrogens (tertiary/aromatic N) is 1. The Labute approximate surface area is 117 Å². The maximum Gasteiger partial charge on any atom is 0.0399 e. The molecule has 1 saturated carbocycles. The first-order valence-electron chi connectivity index (χ1n) is 7.78. The molecule has 3 unspecified atom stereocenters. The standard InChI is InChI=1S/C17H26N2/c1-13-10-14-6-3-4-9-17(14)19(11-13)12-15-7-5-8-16(15)18-2/h3-4,6,9,13,15-16,18H,5,7-8,10-12H2,1-2H3. The maximum atomic E-state index is 3.51. The zero-order valence-electron chi connectivity index (χ0n) is 12.2. The predicted molar refractivity (Wildman–Crippen MR) is 81.7 cm³/mol. The molecule has 1 N–H and O–H groups in total. The minimum atomic E-state index is 0.726. The van der Waals surface area contributed by atoms with Gasteiger partial charge in [0.05, 0.1) is 0 Å². The summed E-state index contributed by atoms with van der Waals surface area (Å²) in [5.74, 6) is 1.60. The zero-order valence-corrected chi connectivity index (χ0v) is 12.2. The molecule has 1 aromatic rings. The third-order valence-electron chi connectivity index (χ3n) is 4.92. The summed E-state index contributed by atoms with van der Waals surface area (Å²) in [7, 11) is 2.12. The summed E-state index contributed by atoms with van der Waals surface area (Å²) >= 11 is 0. The lowest BCUT2D eigenvalue weighted by Gasteiger charge is -2.37. The molecule has 1 heterocycles. The largest absolute Gasteiger partial charge is 0.371 e. The van der Waals surface area contributed by atoms with Crippen LogP contribution in [0.3, 0.4) is 0 Å². The van der Waals surface area contributed by atoms with Gasteiger partial charge in [-0.2, -0.15) is 0 Å². The van der Waals surface area contributed by atoms with Gasteiger partial charge in [-0.05, 0) is 49.8 Å². The Kier molecular flexibility index (Phi) is 3.79. The smallest absolute Gasteiger partial charge is 0.0399 e. The average Bonchev–Trinajstić information content (AvgIpc) is 2.86. The summed E-state index contributed by atoms with van der Waals surface area (Å²) in [6, 6.07) is 9.71. The van der Waals surface area contributed by atoms with Gasteiger partial charge >= 0.3 is 0 Å². The first kappa shape index (κ1) is 13.0. The number of para-hydroxylation sites is 1. The topological polar surface area (TPSA) is 15.3 Å². The first-order valence-corrected chi connectivity index (χ1v) is 7.78. The van der Waals surface area contributed by atoms with Crippen molar-refractivity contribution in [2.24, 2.45) is 11.8 Å². The Morgan fingerprint density at radius 3 is 2.95 bits per heavy atom. The molecule has 2 heteroatoms. The molecule has 2 nitrogen and oxygen atoms in total. The molecule has 0 amide bonds. The molecule has 1 aliphatic heterocycles. The first-order chi connectivity index (χ1) is 9.28. The fourth-order valence-electron chi connectivity index (χ4n) is 4.00. The highest BCUT2D eigenvalue weighted by atomic mass is 15.1. The van der Waals surface area contributed by atoms with Gasteiger partial charge in [0, 0.05) is 24.8 Å². The fourth-order valence-corrected chi connectivity index (χ4v) is 4.00. The van der Waals surface area contributed by atoms with Crippen LogP contribution in [0.2, 0.25) is 0 Å². The van der Waals surface area contributed by atoms with E-state index in [4.69, 9.17) is 0 Å². The number of nitrogens with one attached hydrogen (secondary N) is 1. The van der Waals surface area contributed by atoms with Gasteiger partial charge in [-0.1, -0.05) is 31.5 Å². The maximum absolute atomic E-state index is 3.51. The van der Waals surface area contributed by atoms with E-state index in [0.717, 1.165) is 17.9 Å². The molecule has 1 aliphatic carbocycles. The van der Waals surface area contributed by atoms with Gasteiger partial charge in [0.25, 0.3) is 0 Å². The Bertz CT molecular complexity index is 429. The van der Waals surface area contributed by atoms with Crippen molar-refractivity contribution in [1.82, 2.24) is 5.32 Å². The molecular formula is C17H26N2. The van der Waals surface area contributed by atoms with Crippen molar-refractivity contribution in [2.45, 2.75) is 38.6 Å². The van der Waals surface area contributed by atoms with E-state index in [0.29, 0.717) is 0 Å². The average molecular weight is 258 g/mol. The van der Waals surface area contributed by atoms with Crippen LogP contribution in [0.15, 0.2) is 24.3 Å². The molecule has 3 atom stereocenters. The van der Waals surface area contributed by atoms with Crippen molar-refractivity contribution in [3.8, 4) is 0 Å². The summed E-state index contributed by atoms with van der Waals surface area (Å²) in [4.78, 5) is 2.64. The molecule has 0 spiro atoms. The quantitative estimate of drug-likeness (QED) is 0.896. The van der Waals surface area contributed by atoms with E-state index in [1.165, 1.54) is 44.5 Å². The predicted octanol–water partition coefficient (Wildman–Crippen LogP) is 3.07.